The molecule has 6 heteroatoms. The zero-order valence-electron chi connectivity index (χ0n) is 17.3. The van der Waals surface area contributed by atoms with E-state index in [1.54, 1.807) is 36.1 Å². The van der Waals surface area contributed by atoms with Crippen molar-refractivity contribution in [3.8, 4) is 5.75 Å². The molecule has 0 spiro atoms. The Hall–Kier alpha value is -2.53. The van der Waals surface area contributed by atoms with Gasteiger partial charge in [-0.2, -0.15) is 0 Å². The average Bonchev–Trinajstić information content (AvgIpc) is 2.72. The molecule has 0 aliphatic heterocycles. The molecular formula is C23H29ClN2O3. The van der Waals surface area contributed by atoms with Gasteiger partial charge in [-0.3, -0.25) is 9.59 Å². The van der Waals surface area contributed by atoms with Crippen LogP contribution in [0.4, 0.5) is 0 Å². The summed E-state index contributed by atoms with van der Waals surface area (Å²) in [6.07, 6.45) is 1.89. The molecule has 0 bridgehead atoms. The van der Waals surface area contributed by atoms with Crippen molar-refractivity contribution in [2.75, 3.05) is 13.2 Å². The quantitative estimate of drug-likeness (QED) is 0.585. The van der Waals surface area contributed by atoms with Crippen molar-refractivity contribution in [1.82, 2.24) is 10.2 Å². The van der Waals surface area contributed by atoms with E-state index >= 15 is 0 Å². The average molecular weight is 417 g/mol. The fourth-order valence-electron chi connectivity index (χ4n) is 2.87. The van der Waals surface area contributed by atoms with E-state index in [-0.39, 0.29) is 18.4 Å². The van der Waals surface area contributed by atoms with E-state index in [0.717, 1.165) is 24.0 Å². The van der Waals surface area contributed by atoms with Crippen LogP contribution >= 0.6 is 11.6 Å². The number of nitrogens with zero attached hydrogens (tertiary/aromatic N) is 1. The molecule has 156 valence electrons. The molecule has 0 saturated carbocycles. The second-order valence-electron chi connectivity index (χ2n) is 6.99. The highest BCUT2D eigenvalue weighted by molar-refractivity contribution is 6.32. The normalized spacial score (nSPS) is 11.6. The summed E-state index contributed by atoms with van der Waals surface area (Å²) < 4.78 is 5.62. The molecule has 0 aliphatic carbocycles. The maximum Gasteiger partial charge on any atom is 0.261 e. The Morgan fingerprint density at radius 1 is 1.14 bits per heavy atom. The number of unbranched alkanes of at least 4 members (excludes halogenated alkanes) is 1. The number of benzene rings is 2. The minimum Gasteiger partial charge on any atom is -0.482 e. The van der Waals surface area contributed by atoms with Gasteiger partial charge in [0.25, 0.3) is 5.91 Å². The topological polar surface area (TPSA) is 58.6 Å². The molecule has 0 fully saturated rings. The lowest BCUT2D eigenvalue weighted by Gasteiger charge is -2.29. The third-order valence-electron chi connectivity index (χ3n) is 4.79. The number of nitrogens with one attached hydrogen (secondary N) is 1. The van der Waals surface area contributed by atoms with Crippen LogP contribution in [-0.4, -0.2) is 35.9 Å². The molecule has 0 saturated heterocycles. The lowest BCUT2D eigenvalue weighted by atomic mass is 10.1. The smallest absolute Gasteiger partial charge is 0.261 e. The zero-order valence-corrected chi connectivity index (χ0v) is 18.0. The highest BCUT2D eigenvalue weighted by Crippen LogP contribution is 2.23. The van der Waals surface area contributed by atoms with Gasteiger partial charge in [-0.15, -0.1) is 0 Å². The Morgan fingerprint density at radius 2 is 1.83 bits per heavy atom. The van der Waals surface area contributed by atoms with Crippen LogP contribution in [0.1, 0.15) is 37.8 Å². The van der Waals surface area contributed by atoms with Crippen LogP contribution in [0.2, 0.25) is 5.02 Å². The van der Waals surface area contributed by atoms with Gasteiger partial charge in [-0.1, -0.05) is 61.3 Å². The minimum atomic E-state index is -0.617. The van der Waals surface area contributed by atoms with Crippen molar-refractivity contribution >= 4 is 23.4 Å². The molecule has 2 amide bonds. The summed E-state index contributed by atoms with van der Waals surface area (Å²) in [5.41, 5.74) is 2.06. The third-order valence-corrected chi connectivity index (χ3v) is 5.10. The van der Waals surface area contributed by atoms with Crippen LogP contribution in [0.5, 0.6) is 5.75 Å². The highest BCUT2D eigenvalue weighted by Gasteiger charge is 2.26. The summed E-state index contributed by atoms with van der Waals surface area (Å²) in [7, 11) is 0. The number of halogens is 1. The van der Waals surface area contributed by atoms with Gasteiger partial charge in [0.05, 0.1) is 5.02 Å². The van der Waals surface area contributed by atoms with Crippen LogP contribution in [0.3, 0.4) is 0 Å². The molecule has 0 radical (unpaired) electrons. The first kappa shape index (κ1) is 22.8. The zero-order chi connectivity index (χ0) is 21.2. The SMILES string of the molecule is CCCCNC(=O)C(C)N(Cc1ccccc1C)C(=O)COc1ccccc1Cl. The molecule has 1 atom stereocenters. The molecule has 1 N–H and O–H groups in total. The van der Waals surface area contributed by atoms with Crippen LogP contribution in [0, 0.1) is 6.92 Å². The number of para-hydroxylation sites is 1. The predicted octanol–water partition coefficient (Wildman–Crippen LogP) is 4.36. The van der Waals surface area contributed by atoms with Crippen molar-refractivity contribution in [3.63, 3.8) is 0 Å². The number of hydrogen-bond acceptors (Lipinski definition) is 3. The van der Waals surface area contributed by atoms with Gasteiger partial charge in [0.2, 0.25) is 5.91 Å². The standard InChI is InChI=1S/C23H29ClN2O3/c1-4-5-14-25-23(28)18(3)26(15-19-11-7-6-10-17(19)2)22(27)16-29-21-13-9-8-12-20(21)24/h6-13,18H,4-5,14-16H2,1-3H3,(H,25,28). The van der Waals surface area contributed by atoms with Gasteiger partial charge in [0.1, 0.15) is 11.8 Å². The van der Waals surface area contributed by atoms with E-state index in [1.165, 1.54) is 0 Å². The van der Waals surface area contributed by atoms with Gasteiger partial charge < -0.3 is 15.0 Å². The second kappa shape index (κ2) is 11.5. The van der Waals surface area contributed by atoms with Crippen LogP contribution < -0.4 is 10.1 Å². The molecule has 29 heavy (non-hydrogen) atoms. The summed E-state index contributed by atoms with van der Waals surface area (Å²) >= 11 is 6.11. The molecule has 0 aromatic heterocycles. The molecule has 2 aromatic rings. The van der Waals surface area contributed by atoms with Gasteiger partial charge in [0, 0.05) is 13.1 Å². The monoisotopic (exact) mass is 416 g/mol. The lowest BCUT2D eigenvalue weighted by molar-refractivity contribution is -0.142. The first-order valence-corrected chi connectivity index (χ1v) is 10.3. The number of hydrogen-bond donors (Lipinski definition) is 1. The lowest BCUT2D eigenvalue weighted by Crippen LogP contribution is -2.49. The first-order chi connectivity index (χ1) is 13.9. The Kier molecular flexibility index (Phi) is 9.00. The summed E-state index contributed by atoms with van der Waals surface area (Å²) in [6.45, 7) is 6.54. The Balaban J connectivity index is 2.14. The van der Waals surface area contributed by atoms with E-state index in [0.29, 0.717) is 23.9 Å². The number of amides is 2. The van der Waals surface area contributed by atoms with Crippen molar-refractivity contribution in [2.24, 2.45) is 0 Å². The fraction of sp³-hybridized carbons (Fsp3) is 0.391. The second-order valence-corrected chi connectivity index (χ2v) is 7.39. The molecule has 2 aromatic carbocycles. The number of carbonyl (C=O) groups excluding carboxylic acids is 2. The van der Waals surface area contributed by atoms with Gasteiger partial charge >= 0.3 is 0 Å². The van der Waals surface area contributed by atoms with Gasteiger partial charge in [0.15, 0.2) is 6.61 Å². The highest BCUT2D eigenvalue weighted by atomic mass is 35.5. The van der Waals surface area contributed by atoms with Crippen molar-refractivity contribution in [2.45, 2.75) is 46.2 Å². The molecule has 0 aliphatic rings. The third kappa shape index (κ3) is 6.79. The molecular weight excluding hydrogens is 388 g/mol. The van der Waals surface area contributed by atoms with Crippen LogP contribution in [0.15, 0.2) is 48.5 Å². The number of carbonyl (C=O) groups is 2. The Bertz CT molecular complexity index is 825. The van der Waals surface area contributed by atoms with E-state index in [4.69, 9.17) is 16.3 Å². The maximum atomic E-state index is 13.0. The Morgan fingerprint density at radius 3 is 2.52 bits per heavy atom. The van der Waals surface area contributed by atoms with Crippen LogP contribution in [-0.2, 0) is 16.1 Å². The largest absolute Gasteiger partial charge is 0.482 e. The number of aryl methyl sites for hydroxylation is 1. The van der Waals surface area contributed by atoms with E-state index in [9.17, 15) is 9.59 Å². The van der Waals surface area contributed by atoms with Gasteiger partial charge in [-0.05, 0) is 43.5 Å². The summed E-state index contributed by atoms with van der Waals surface area (Å²) in [5, 5.41) is 3.35. The van der Waals surface area contributed by atoms with Crippen molar-refractivity contribution in [1.29, 1.82) is 0 Å². The van der Waals surface area contributed by atoms with Crippen molar-refractivity contribution < 1.29 is 14.3 Å². The number of rotatable bonds is 10. The minimum absolute atomic E-state index is 0.168. The maximum absolute atomic E-state index is 13.0. The van der Waals surface area contributed by atoms with Crippen LogP contribution in [0.25, 0.3) is 0 Å². The van der Waals surface area contributed by atoms with E-state index in [1.807, 2.05) is 31.2 Å². The molecule has 1 unspecified atom stereocenters. The number of ether oxygens (including phenoxy) is 1. The molecule has 0 heterocycles. The summed E-state index contributed by atoms with van der Waals surface area (Å²) in [5.74, 6) is 0.00264. The predicted molar refractivity (Wildman–Crippen MR) is 116 cm³/mol. The van der Waals surface area contributed by atoms with Gasteiger partial charge in [-0.25, -0.2) is 0 Å². The van der Waals surface area contributed by atoms with E-state index < -0.39 is 6.04 Å². The first-order valence-electron chi connectivity index (χ1n) is 9.93. The molecule has 5 nitrogen and oxygen atoms in total. The fourth-order valence-corrected chi connectivity index (χ4v) is 3.06. The van der Waals surface area contributed by atoms with Crippen molar-refractivity contribution in [3.05, 3.63) is 64.7 Å². The molecule has 2 rings (SSSR count). The van der Waals surface area contributed by atoms with E-state index in [2.05, 4.69) is 12.2 Å². The Labute approximate surface area is 178 Å². The summed E-state index contributed by atoms with van der Waals surface area (Å²) in [4.78, 5) is 27.2. The summed E-state index contributed by atoms with van der Waals surface area (Å²) in [6, 6.07) is 14.2.